The molecule has 108 valence electrons. The maximum absolute atomic E-state index is 13.8. The van der Waals surface area contributed by atoms with Crippen molar-refractivity contribution in [2.24, 2.45) is 5.92 Å². The van der Waals surface area contributed by atoms with Crippen LogP contribution in [0.4, 0.5) is 4.39 Å². The first-order valence-corrected chi connectivity index (χ1v) is 7.67. The van der Waals surface area contributed by atoms with Gasteiger partial charge in [-0.3, -0.25) is 0 Å². The van der Waals surface area contributed by atoms with Gasteiger partial charge in [-0.1, -0.05) is 36.8 Å². The number of aromatic nitrogens is 2. The second-order valence-electron chi connectivity index (χ2n) is 5.33. The first-order chi connectivity index (χ1) is 9.56. The SMILES string of the molecule is Cc1ccc(F)c(-c2nnc(CCNCC(C)C)s2)c1. The second kappa shape index (κ2) is 6.90. The summed E-state index contributed by atoms with van der Waals surface area (Å²) in [5, 5.41) is 13.2. The van der Waals surface area contributed by atoms with Crippen LogP contribution in [0.2, 0.25) is 0 Å². The Balaban J connectivity index is 2.00. The highest BCUT2D eigenvalue weighted by Crippen LogP contribution is 2.27. The van der Waals surface area contributed by atoms with E-state index in [1.807, 2.05) is 13.0 Å². The molecule has 3 nitrogen and oxygen atoms in total. The van der Waals surface area contributed by atoms with Crippen molar-refractivity contribution in [3.05, 3.63) is 34.6 Å². The van der Waals surface area contributed by atoms with E-state index in [1.54, 1.807) is 6.07 Å². The van der Waals surface area contributed by atoms with Gasteiger partial charge in [0.25, 0.3) is 0 Å². The molecule has 2 rings (SSSR count). The van der Waals surface area contributed by atoms with Gasteiger partial charge in [0.05, 0.1) is 0 Å². The van der Waals surface area contributed by atoms with Gasteiger partial charge in [0.15, 0.2) is 5.01 Å². The highest BCUT2D eigenvalue weighted by atomic mass is 32.1. The lowest BCUT2D eigenvalue weighted by atomic mass is 10.1. The van der Waals surface area contributed by atoms with Crippen LogP contribution >= 0.6 is 11.3 Å². The summed E-state index contributed by atoms with van der Waals surface area (Å²) >= 11 is 1.47. The zero-order valence-electron chi connectivity index (χ0n) is 12.1. The van der Waals surface area contributed by atoms with E-state index in [4.69, 9.17) is 0 Å². The summed E-state index contributed by atoms with van der Waals surface area (Å²) in [6, 6.07) is 5.06. The van der Waals surface area contributed by atoms with Gasteiger partial charge >= 0.3 is 0 Å². The predicted octanol–water partition coefficient (Wildman–Crippen LogP) is 3.44. The first kappa shape index (κ1) is 15.1. The van der Waals surface area contributed by atoms with E-state index >= 15 is 0 Å². The number of benzene rings is 1. The van der Waals surface area contributed by atoms with Crippen LogP contribution < -0.4 is 5.32 Å². The summed E-state index contributed by atoms with van der Waals surface area (Å²) in [5.41, 5.74) is 1.57. The van der Waals surface area contributed by atoms with Crippen LogP contribution in [-0.4, -0.2) is 23.3 Å². The molecule has 2 aromatic rings. The fraction of sp³-hybridized carbons (Fsp3) is 0.467. The zero-order valence-corrected chi connectivity index (χ0v) is 12.9. The molecule has 0 unspecified atom stereocenters. The molecule has 0 saturated heterocycles. The zero-order chi connectivity index (χ0) is 14.5. The fourth-order valence-electron chi connectivity index (χ4n) is 1.85. The fourth-order valence-corrected chi connectivity index (χ4v) is 2.71. The smallest absolute Gasteiger partial charge is 0.150 e. The van der Waals surface area contributed by atoms with E-state index < -0.39 is 0 Å². The molecule has 0 aliphatic rings. The summed E-state index contributed by atoms with van der Waals surface area (Å²) in [7, 11) is 0. The van der Waals surface area contributed by atoms with Crippen molar-refractivity contribution in [3.8, 4) is 10.6 Å². The molecule has 1 heterocycles. The Morgan fingerprint density at radius 1 is 1.30 bits per heavy atom. The number of hydrogen-bond donors (Lipinski definition) is 1. The number of nitrogens with zero attached hydrogens (tertiary/aromatic N) is 2. The van der Waals surface area contributed by atoms with Crippen molar-refractivity contribution in [1.29, 1.82) is 0 Å². The molecule has 0 spiro atoms. The summed E-state index contributed by atoms with van der Waals surface area (Å²) in [6.07, 6.45) is 0.831. The molecule has 0 fully saturated rings. The van der Waals surface area contributed by atoms with Crippen LogP contribution in [-0.2, 0) is 6.42 Å². The normalized spacial score (nSPS) is 11.2. The predicted molar refractivity (Wildman–Crippen MR) is 81.5 cm³/mol. The maximum Gasteiger partial charge on any atom is 0.150 e. The number of aryl methyl sites for hydroxylation is 1. The number of nitrogens with one attached hydrogen (secondary N) is 1. The van der Waals surface area contributed by atoms with Crippen LogP contribution in [0.3, 0.4) is 0 Å². The Morgan fingerprint density at radius 2 is 2.10 bits per heavy atom. The van der Waals surface area contributed by atoms with Crippen molar-refractivity contribution in [1.82, 2.24) is 15.5 Å². The van der Waals surface area contributed by atoms with Crippen molar-refractivity contribution in [2.45, 2.75) is 27.2 Å². The Bertz CT molecular complexity index is 566. The molecule has 0 aliphatic carbocycles. The largest absolute Gasteiger partial charge is 0.316 e. The minimum absolute atomic E-state index is 0.240. The molecule has 0 amide bonds. The van der Waals surface area contributed by atoms with Crippen molar-refractivity contribution < 1.29 is 4.39 Å². The van der Waals surface area contributed by atoms with Crippen molar-refractivity contribution in [3.63, 3.8) is 0 Å². The molecule has 1 aromatic carbocycles. The third kappa shape index (κ3) is 4.08. The topological polar surface area (TPSA) is 37.8 Å². The lowest BCUT2D eigenvalue weighted by Gasteiger charge is -2.05. The molecule has 1 N–H and O–H groups in total. The van der Waals surface area contributed by atoms with Gasteiger partial charge in [0.2, 0.25) is 0 Å². The molecule has 20 heavy (non-hydrogen) atoms. The highest BCUT2D eigenvalue weighted by molar-refractivity contribution is 7.14. The van der Waals surface area contributed by atoms with Gasteiger partial charge in [0.1, 0.15) is 10.8 Å². The average molecular weight is 293 g/mol. The Morgan fingerprint density at radius 3 is 2.85 bits per heavy atom. The molecular weight excluding hydrogens is 273 g/mol. The van der Waals surface area contributed by atoms with Crippen LogP contribution in [0.15, 0.2) is 18.2 Å². The molecule has 0 bridgehead atoms. The van der Waals surface area contributed by atoms with E-state index in [-0.39, 0.29) is 5.82 Å². The quantitative estimate of drug-likeness (QED) is 0.829. The van der Waals surface area contributed by atoms with E-state index in [0.29, 0.717) is 16.5 Å². The minimum Gasteiger partial charge on any atom is -0.316 e. The van der Waals surface area contributed by atoms with Gasteiger partial charge in [-0.2, -0.15) is 0 Å². The summed E-state index contributed by atoms with van der Waals surface area (Å²) in [4.78, 5) is 0. The van der Waals surface area contributed by atoms with Crippen molar-refractivity contribution in [2.75, 3.05) is 13.1 Å². The molecule has 0 radical (unpaired) electrons. The summed E-state index contributed by atoms with van der Waals surface area (Å²) < 4.78 is 13.8. The van der Waals surface area contributed by atoms with Gasteiger partial charge in [-0.15, -0.1) is 10.2 Å². The van der Waals surface area contributed by atoms with Gasteiger partial charge < -0.3 is 5.32 Å². The maximum atomic E-state index is 13.8. The Hall–Kier alpha value is -1.33. The minimum atomic E-state index is -0.240. The van der Waals surface area contributed by atoms with Gasteiger partial charge in [-0.25, -0.2) is 4.39 Å². The molecule has 0 atom stereocenters. The first-order valence-electron chi connectivity index (χ1n) is 6.86. The third-order valence-corrected chi connectivity index (χ3v) is 3.90. The molecule has 0 aliphatic heterocycles. The molecule has 5 heteroatoms. The van der Waals surface area contributed by atoms with Crippen LogP contribution in [0.25, 0.3) is 10.6 Å². The number of hydrogen-bond acceptors (Lipinski definition) is 4. The van der Waals surface area contributed by atoms with E-state index in [1.165, 1.54) is 17.4 Å². The van der Waals surface area contributed by atoms with Gasteiger partial charge in [0, 0.05) is 18.5 Å². The van der Waals surface area contributed by atoms with E-state index in [2.05, 4.69) is 29.4 Å². The highest BCUT2D eigenvalue weighted by Gasteiger charge is 2.11. The third-order valence-electron chi connectivity index (χ3n) is 2.89. The average Bonchev–Trinajstić information content (AvgIpc) is 2.86. The standard InChI is InChI=1S/C15H20FN3S/c1-10(2)9-17-7-6-14-18-19-15(20-14)12-8-11(3)4-5-13(12)16/h4-5,8,10,17H,6-7,9H2,1-3H3. The summed E-state index contributed by atoms with van der Waals surface area (Å²) in [5.74, 6) is 0.401. The van der Waals surface area contributed by atoms with Crippen LogP contribution in [0.5, 0.6) is 0 Å². The molecular formula is C15H20FN3S. The number of rotatable bonds is 6. The van der Waals surface area contributed by atoms with Gasteiger partial charge in [-0.05, 0) is 31.5 Å². The lowest BCUT2D eigenvalue weighted by molar-refractivity contribution is 0.553. The van der Waals surface area contributed by atoms with E-state index in [9.17, 15) is 4.39 Å². The monoisotopic (exact) mass is 293 g/mol. The Labute approximate surface area is 123 Å². The second-order valence-corrected chi connectivity index (χ2v) is 6.39. The molecule has 0 saturated carbocycles. The Kier molecular flexibility index (Phi) is 5.20. The molecule has 1 aromatic heterocycles. The number of halogens is 1. The lowest BCUT2D eigenvalue weighted by Crippen LogP contribution is -2.22. The van der Waals surface area contributed by atoms with Crippen molar-refractivity contribution >= 4 is 11.3 Å². The summed E-state index contributed by atoms with van der Waals surface area (Å²) in [6.45, 7) is 8.18. The van der Waals surface area contributed by atoms with Crippen LogP contribution in [0.1, 0.15) is 24.4 Å². The van der Waals surface area contributed by atoms with Crippen LogP contribution in [0, 0.1) is 18.7 Å². The van der Waals surface area contributed by atoms with E-state index in [0.717, 1.165) is 30.1 Å².